The summed E-state index contributed by atoms with van der Waals surface area (Å²) in [7, 11) is -3.42. The Morgan fingerprint density at radius 3 is 2.66 bits per heavy atom. The number of carbonyl (C=O) groups excluding carboxylic acids is 1. The normalized spacial score (nSPS) is 21.2. The maximum atomic E-state index is 12.1. The van der Waals surface area contributed by atoms with Crippen LogP contribution in [0.5, 0.6) is 5.75 Å². The third-order valence-corrected chi connectivity index (χ3v) is 8.05. The van der Waals surface area contributed by atoms with Crippen LogP contribution in [0.25, 0.3) is 0 Å². The van der Waals surface area contributed by atoms with Gasteiger partial charge in [0.2, 0.25) is 5.91 Å². The summed E-state index contributed by atoms with van der Waals surface area (Å²) in [5.74, 6) is -0.810. The van der Waals surface area contributed by atoms with Crippen molar-refractivity contribution in [2.24, 2.45) is 0 Å². The van der Waals surface area contributed by atoms with E-state index in [0.717, 1.165) is 36.3 Å². The molecule has 2 aromatic heterocycles. The molecule has 10 heteroatoms. The highest BCUT2D eigenvalue weighted by molar-refractivity contribution is 7.91. The first-order valence-electron chi connectivity index (χ1n) is 11.6. The summed E-state index contributed by atoms with van der Waals surface area (Å²) >= 11 is 0. The molecular formula is C25H27N5O4S. The van der Waals surface area contributed by atoms with E-state index in [4.69, 9.17) is 4.74 Å². The summed E-state index contributed by atoms with van der Waals surface area (Å²) in [5.41, 5.74) is 3.29. The van der Waals surface area contributed by atoms with E-state index in [2.05, 4.69) is 20.6 Å². The molecular weight excluding hydrogens is 466 g/mol. The second kappa shape index (κ2) is 8.84. The van der Waals surface area contributed by atoms with Crippen LogP contribution in [-0.4, -0.2) is 41.5 Å². The van der Waals surface area contributed by atoms with Crippen LogP contribution in [0.2, 0.25) is 0 Å². The van der Waals surface area contributed by atoms with E-state index >= 15 is 0 Å². The zero-order chi connectivity index (χ0) is 24.6. The number of pyridine rings is 2. The molecule has 1 aromatic carbocycles. The van der Waals surface area contributed by atoms with Crippen molar-refractivity contribution in [3.8, 4) is 5.75 Å². The van der Waals surface area contributed by atoms with Crippen LogP contribution in [0.4, 0.5) is 11.4 Å². The Bertz CT molecular complexity index is 1350. The molecule has 5 rings (SSSR count). The minimum Gasteiger partial charge on any atom is -0.443 e. The molecule has 1 amide bonds. The number of amides is 1. The second-order valence-electron chi connectivity index (χ2n) is 8.66. The number of anilines is 2. The Morgan fingerprint density at radius 1 is 1.14 bits per heavy atom. The van der Waals surface area contributed by atoms with Gasteiger partial charge in [-0.3, -0.25) is 9.78 Å². The van der Waals surface area contributed by atoms with Crippen molar-refractivity contribution in [3.63, 3.8) is 0 Å². The van der Waals surface area contributed by atoms with Gasteiger partial charge < -0.3 is 20.3 Å². The van der Waals surface area contributed by atoms with Crippen LogP contribution in [0.3, 0.4) is 0 Å². The first kappa shape index (κ1) is 23.1. The van der Waals surface area contributed by atoms with Gasteiger partial charge >= 0.3 is 5.85 Å². The largest absolute Gasteiger partial charge is 0.443 e. The highest BCUT2D eigenvalue weighted by Gasteiger charge is 2.43. The summed E-state index contributed by atoms with van der Waals surface area (Å²) in [4.78, 5) is 22.6. The van der Waals surface area contributed by atoms with Crippen molar-refractivity contribution in [2.75, 3.05) is 22.9 Å². The van der Waals surface area contributed by atoms with Gasteiger partial charge in [-0.15, -0.1) is 0 Å². The summed E-state index contributed by atoms with van der Waals surface area (Å²) in [6.45, 7) is 3.95. The highest BCUT2D eigenvalue weighted by Crippen LogP contribution is 2.43. The molecule has 2 N–H and O–H groups in total. The standard InChI is InChI=1S/C25H27N5O4S/c1-3-35(32,33)24-12-10-19(16-27-24)34-25(23-8-4-5-13-26-23)28-20-11-9-18(15-21(20)29-25)22-7-6-14-30(22)17(2)31/h4-5,8-13,15-16,22,28-29H,3,6-7,14H2,1-2H3. The smallest absolute Gasteiger partial charge is 0.304 e. The van der Waals surface area contributed by atoms with Crippen molar-refractivity contribution in [1.29, 1.82) is 0 Å². The van der Waals surface area contributed by atoms with Crippen LogP contribution in [0.1, 0.15) is 44.0 Å². The van der Waals surface area contributed by atoms with Crippen molar-refractivity contribution >= 4 is 27.1 Å². The monoisotopic (exact) mass is 493 g/mol. The minimum atomic E-state index is -3.42. The van der Waals surface area contributed by atoms with Crippen LogP contribution in [0, 0.1) is 0 Å². The quantitative estimate of drug-likeness (QED) is 0.535. The van der Waals surface area contributed by atoms with Crippen LogP contribution in [-0.2, 0) is 20.5 Å². The molecule has 0 radical (unpaired) electrons. The number of aromatic nitrogens is 2. The minimum absolute atomic E-state index is 0.00564. The maximum Gasteiger partial charge on any atom is 0.304 e. The lowest BCUT2D eigenvalue weighted by Gasteiger charge is -2.30. The van der Waals surface area contributed by atoms with Gasteiger partial charge in [-0.1, -0.05) is 19.1 Å². The number of carbonyl (C=O) groups is 1. The number of hydrogen-bond donors (Lipinski definition) is 2. The molecule has 35 heavy (non-hydrogen) atoms. The summed E-state index contributed by atoms with van der Waals surface area (Å²) in [6.07, 6.45) is 4.97. The topological polar surface area (TPSA) is 114 Å². The average Bonchev–Trinajstić information content (AvgIpc) is 3.50. The number of benzene rings is 1. The molecule has 1 fully saturated rings. The van der Waals surface area contributed by atoms with E-state index in [9.17, 15) is 13.2 Å². The summed E-state index contributed by atoms with van der Waals surface area (Å²) in [6, 6.07) is 14.6. The lowest BCUT2D eigenvalue weighted by atomic mass is 10.0. The Kier molecular flexibility index (Phi) is 5.84. The molecule has 2 aliphatic heterocycles. The van der Waals surface area contributed by atoms with Gasteiger partial charge in [0.25, 0.3) is 0 Å². The lowest BCUT2D eigenvalue weighted by Crippen LogP contribution is -2.45. The second-order valence-corrected chi connectivity index (χ2v) is 10.9. The molecule has 1 saturated heterocycles. The number of nitrogens with one attached hydrogen (secondary N) is 2. The molecule has 0 bridgehead atoms. The van der Waals surface area contributed by atoms with Crippen LogP contribution in [0.15, 0.2) is 66.0 Å². The summed E-state index contributed by atoms with van der Waals surface area (Å²) < 4.78 is 30.6. The van der Waals surface area contributed by atoms with E-state index in [1.807, 2.05) is 41.3 Å². The SMILES string of the molecule is CCS(=O)(=O)c1ccc(OC2(c3ccccn3)Nc3ccc(C4CCCN4C(C)=O)cc3N2)cn1. The fourth-order valence-corrected chi connectivity index (χ4v) is 5.40. The molecule has 9 nitrogen and oxygen atoms in total. The van der Waals surface area contributed by atoms with Gasteiger partial charge in [0.1, 0.15) is 11.4 Å². The number of sulfone groups is 1. The van der Waals surface area contributed by atoms with E-state index in [1.54, 1.807) is 26.1 Å². The molecule has 182 valence electrons. The van der Waals surface area contributed by atoms with E-state index in [1.165, 1.54) is 12.3 Å². The highest BCUT2D eigenvalue weighted by atomic mass is 32.2. The van der Waals surface area contributed by atoms with Gasteiger partial charge in [0, 0.05) is 19.7 Å². The van der Waals surface area contributed by atoms with Crippen molar-refractivity contribution in [3.05, 3.63) is 72.2 Å². The molecule has 2 aliphatic rings. The van der Waals surface area contributed by atoms with Gasteiger partial charge in [0.15, 0.2) is 14.9 Å². The van der Waals surface area contributed by atoms with E-state index in [0.29, 0.717) is 11.4 Å². The Balaban J connectivity index is 1.47. The lowest BCUT2D eigenvalue weighted by molar-refractivity contribution is -0.129. The zero-order valence-electron chi connectivity index (χ0n) is 19.6. The number of ether oxygens (including phenoxy) is 1. The molecule has 2 unspecified atom stereocenters. The van der Waals surface area contributed by atoms with Crippen molar-refractivity contribution in [2.45, 2.75) is 43.6 Å². The Hall–Kier alpha value is -3.66. The maximum absolute atomic E-state index is 12.1. The van der Waals surface area contributed by atoms with Crippen LogP contribution < -0.4 is 15.4 Å². The van der Waals surface area contributed by atoms with Gasteiger partial charge in [-0.25, -0.2) is 13.4 Å². The fraction of sp³-hybridized carbons (Fsp3) is 0.320. The molecule has 4 heterocycles. The molecule has 0 spiro atoms. The third kappa shape index (κ3) is 4.29. The van der Waals surface area contributed by atoms with E-state index < -0.39 is 15.7 Å². The Morgan fingerprint density at radius 2 is 1.97 bits per heavy atom. The molecule has 0 aliphatic carbocycles. The number of hydrogen-bond acceptors (Lipinski definition) is 8. The van der Waals surface area contributed by atoms with Crippen molar-refractivity contribution < 1.29 is 17.9 Å². The van der Waals surface area contributed by atoms with E-state index in [-0.39, 0.29) is 22.7 Å². The van der Waals surface area contributed by atoms with Gasteiger partial charge in [-0.05, 0) is 54.8 Å². The number of rotatable bonds is 6. The molecule has 3 aromatic rings. The number of likely N-dealkylation sites (tertiary alicyclic amines) is 1. The average molecular weight is 494 g/mol. The van der Waals surface area contributed by atoms with Crippen molar-refractivity contribution in [1.82, 2.24) is 14.9 Å². The zero-order valence-corrected chi connectivity index (χ0v) is 20.4. The third-order valence-electron chi connectivity index (χ3n) is 6.41. The first-order valence-corrected chi connectivity index (χ1v) is 13.2. The summed E-state index contributed by atoms with van der Waals surface area (Å²) in [5, 5.41) is 6.84. The van der Waals surface area contributed by atoms with Crippen LogP contribution >= 0.6 is 0 Å². The Labute approximate surface area is 204 Å². The predicted molar refractivity (Wildman–Crippen MR) is 132 cm³/mol. The van der Waals surface area contributed by atoms with Gasteiger partial charge in [0.05, 0.1) is 29.4 Å². The number of nitrogens with zero attached hydrogens (tertiary/aromatic N) is 3. The molecule has 0 saturated carbocycles. The number of fused-ring (bicyclic) bond motifs is 1. The predicted octanol–water partition coefficient (Wildman–Crippen LogP) is 3.68. The van der Waals surface area contributed by atoms with Gasteiger partial charge in [-0.2, -0.15) is 0 Å². The first-order chi connectivity index (χ1) is 16.8. The fourth-order valence-electron chi connectivity index (χ4n) is 4.62. The molecule has 2 atom stereocenters.